The molecule has 0 aromatic rings. The van der Waals surface area contributed by atoms with Crippen LogP contribution in [-0.4, -0.2) is 66.3 Å². The van der Waals surface area contributed by atoms with E-state index in [0.717, 1.165) is 12.5 Å². The highest BCUT2D eigenvalue weighted by Gasteiger charge is 2.23. The van der Waals surface area contributed by atoms with E-state index < -0.39 is 5.97 Å². The molecule has 0 aromatic heterocycles. The van der Waals surface area contributed by atoms with Crippen molar-refractivity contribution < 1.29 is 19.4 Å². The van der Waals surface area contributed by atoms with Gasteiger partial charge in [-0.1, -0.05) is 0 Å². The fourth-order valence-electron chi connectivity index (χ4n) is 1.84. The maximum absolute atomic E-state index is 12.2. The zero-order valence-electron chi connectivity index (χ0n) is 12.7. The summed E-state index contributed by atoms with van der Waals surface area (Å²) in [5, 5.41) is 8.72. The second kappa shape index (κ2) is 8.09. The normalized spacial score (nSPS) is 14.4. The minimum Gasteiger partial charge on any atom is -0.481 e. The van der Waals surface area contributed by atoms with Gasteiger partial charge in [0.15, 0.2) is 0 Å². The number of carbonyl (C=O) groups excluding carboxylic acids is 1. The van der Waals surface area contributed by atoms with E-state index in [2.05, 4.69) is 0 Å². The Hall–Kier alpha value is -1.30. The second-order valence-corrected chi connectivity index (χ2v) is 5.65. The zero-order valence-corrected chi connectivity index (χ0v) is 12.7. The predicted octanol–water partition coefficient (Wildman–Crippen LogP) is 1.65. The molecule has 1 aliphatic carbocycles. The van der Waals surface area contributed by atoms with Crippen LogP contribution in [0.15, 0.2) is 0 Å². The maximum atomic E-state index is 12.2. The molecule has 0 heterocycles. The lowest BCUT2D eigenvalue weighted by Gasteiger charge is -2.31. The molecule has 0 atom stereocenters. The molecule has 0 bridgehead atoms. The fraction of sp³-hybridized carbons (Fsp3) is 0.857. The Kier molecular flexibility index (Phi) is 6.78. The lowest BCUT2D eigenvalue weighted by molar-refractivity contribution is -0.137. The molecule has 20 heavy (non-hydrogen) atoms. The summed E-state index contributed by atoms with van der Waals surface area (Å²) in [6.45, 7) is 5.86. The molecule has 0 aromatic carbocycles. The molecule has 1 N–H and O–H groups in total. The molecule has 6 heteroatoms. The molecule has 0 unspecified atom stereocenters. The first kappa shape index (κ1) is 16.8. The number of nitrogens with zero attached hydrogens (tertiary/aromatic N) is 2. The number of aliphatic carboxylic acids is 1. The van der Waals surface area contributed by atoms with E-state index in [-0.39, 0.29) is 25.0 Å². The number of hydrogen-bond donors (Lipinski definition) is 1. The first-order valence-corrected chi connectivity index (χ1v) is 7.23. The summed E-state index contributed by atoms with van der Waals surface area (Å²) >= 11 is 0. The minimum atomic E-state index is -0.890. The van der Waals surface area contributed by atoms with Crippen molar-refractivity contribution in [2.45, 2.75) is 39.2 Å². The summed E-state index contributed by atoms with van der Waals surface area (Å²) in [7, 11) is 1.72. The Morgan fingerprint density at radius 2 is 1.95 bits per heavy atom. The van der Waals surface area contributed by atoms with Crippen LogP contribution < -0.4 is 0 Å². The maximum Gasteiger partial charge on any atom is 0.320 e. The monoisotopic (exact) mass is 286 g/mol. The first-order valence-electron chi connectivity index (χ1n) is 7.23. The van der Waals surface area contributed by atoms with E-state index in [1.807, 2.05) is 13.8 Å². The van der Waals surface area contributed by atoms with Gasteiger partial charge in [0, 0.05) is 32.8 Å². The van der Waals surface area contributed by atoms with Crippen LogP contribution in [0.25, 0.3) is 0 Å². The number of hydrogen-bond acceptors (Lipinski definition) is 3. The van der Waals surface area contributed by atoms with Crippen LogP contribution >= 0.6 is 0 Å². The van der Waals surface area contributed by atoms with Gasteiger partial charge in [0.25, 0.3) is 0 Å². The number of ether oxygens (including phenoxy) is 1. The molecule has 0 spiro atoms. The van der Waals surface area contributed by atoms with Crippen LogP contribution in [0.5, 0.6) is 0 Å². The van der Waals surface area contributed by atoms with Gasteiger partial charge in [-0.2, -0.15) is 0 Å². The molecule has 1 saturated carbocycles. The third-order valence-electron chi connectivity index (χ3n) is 3.38. The van der Waals surface area contributed by atoms with Gasteiger partial charge in [-0.25, -0.2) is 4.79 Å². The third kappa shape index (κ3) is 6.23. The zero-order chi connectivity index (χ0) is 15.1. The van der Waals surface area contributed by atoms with Crippen molar-refractivity contribution in [1.82, 2.24) is 9.80 Å². The lowest BCUT2D eigenvalue weighted by atomic mass is 10.3. The molecule has 0 radical (unpaired) electrons. The van der Waals surface area contributed by atoms with E-state index in [0.29, 0.717) is 13.2 Å². The van der Waals surface area contributed by atoms with E-state index in [4.69, 9.17) is 9.84 Å². The number of carboxylic acids is 1. The van der Waals surface area contributed by atoms with E-state index >= 15 is 0 Å². The van der Waals surface area contributed by atoms with Gasteiger partial charge in [0.1, 0.15) is 0 Å². The molecule has 6 nitrogen and oxygen atoms in total. The number of urea groups is 1. The van der Waals surface area contributed by atoms with E-state index in [9.17, 15) is 9.59 Å². The predicted molar refractivity (Wildman–Crippen MR) is 75.7 cm³/mol. The van der Waals surface area contributed by atoms with Gasteiger partial charge in [0.05, 0.1) is 13.0 Å². The fourth-order valence-corrected chi connectivity index (χ4v) is 1.84. The molecule has 0 aliphatic heterocycles. The van der Waals surface area contributed by atoms with Gasteiger partial charge < -0.3 is 19.6 Å². The van der Waals surface area contributed by atoms with Crippen molar-refractivity contribution in [1.29, 1.82) is 0 Å². The largest absolute Gasteiger partial charge is 0.481 e. The topological polar surface area (TPSA) is 70.1 Å². The molecule has 116 valence electrons. The van der Waals surface area contributed by atoms with Crippen molar-refractivity contribution in [3.05, 3.63) is 0 Å². The van der Waals surface area contributed by atoms with Gasteiger partial charge >= 0.3 is 12.0 Å². The average Bonchev–Trinajstić information content (AvgIpc) is 3.17. The van der Waals surface area contributed by atoms with Gasteiger partial charge in [0.2, 0.25) is 0 Å². The summed E-state index contributed by atoms with van der Waals surface area (Å²) in [6, 6.07) is -0.159. The van der Waals surface area contributed by atoms with Gasteiger partial charge in [-0.15, -0.1) is 0 Å². The highest BCUT2D eigenvalue weighted by atomic mass is 16.5. The minimum absolute atomic E-state index is 0.0170. The molecule has 0 saturated heterocycles. The SMILES string of the molecule is CC(C)N(CCC(=O)O)C(=O)N(C)CCOCC1CC1. The van der Waals surface area contributed by atoms with Crippen molar-refractivity contribution >= 4 is 12.0 Å². The molecular formula is C14H26N2O4. The van der Waals surface area contributed by atoms with E-state index in [1.54, 1.807) is 16.8 Å². The highest BCUT2D eigenvalue weighted by molar-refractivity contribution is 5.75. The Morgan fingerprint density at radius 1 is 1.30 bits per heavy atom. The summed E-state index contributed by atoms with van der Waals surface area (Å²) < 4.78 is 5.51. The number of amides is 2. The van der Waals surface area contributed by atoms with E-state index in [1.165, 1.54) is 12.8 Å². The Morgan fingerprint density at radius 3 is 2.45 bits per heavy atom. The highest BCUT2D eigenvalue weighted by Crippen LogP contribution is 2.28. The lowest BCUT2D eigenvalue weighted by Crippen LogP contribution is -2.46. The van der Waals surface area contributed by atoms with Crippen LogP contribution in [0.1, 0.15) is 33.1 Å². The quantitative estimate of drug-likeness (QED) is 0.654. The number of carboxylic acid groups (broad SMARTS) is 1. The molecule has 1 fully saturated rings. The van der Waals surface area contributed by atoms with Crippen molar-refractivity contribution in [3.8, 4) is 0 Å². The van der Waals surface area contributed by atoms with Gasteiger partial charge in [-0.3, -0.25) is 4.79 Å². The van der Waals surface area contributed by atoms with Crippen molar-refractivity contribution in [3.63, 3.8) is 0 Å². The number of rotatable bonds is 9. The molecule has 1 aliphatic rings. The molecule has 1 rings (SSSR count). The summed E-state index contributed by atoms with van der Waals surface area (Å²) in [6.07, 6.45) is 2.48. The summed E-state index contributed by atoms with van der Waals surface area (Å²) in [4.78, 5) is 26.0. The van der Waals surface area contributed by atoms with Crippen LogP contribution in [0.2, 0.25) is 0 Å². The standard InChI is InChI=1S/C14H26N2O4/c1-11(2)16(7-6-13(17)18)14(19)15(3)8-9-20-10-12-4-5-12/h11-12H,4-10H2,1-3H3,(H,17,18). The van der Waals surface area contributed by atoms with Crippen molar-refractivity contribution in [2.24, 2.45) is 5.92 Å². The van der Waals surface area contributed by atoms with Crippen LogP contribution in [0.4, 0.5) is 4.79 Å². The van der Waals surface area contributed by atoms with Crippen molar-refractivity contribution in [2.75, 3.05) is 33.4 Å². The van der Waals surface area contributed by atoms with Crippen LogP contribution in [-0.2, 0) is 9.53 Å². The van der Waals surface area contributed by atoms with Crippen LogP contribution in [0.3, 0.4) is 0 Å². The summed E-state index contributed by atoms with van der Waals surface area (Å²) in [5.41, 5.74) is 0. The average molecular weight is 286 g/mol. The van der Waals surface area contributed by atoms with Gasteiger partial charge in [-0.05, 0) is 32.6 Å². The Bertz CT molecular complexity index is 329. The molecule has 2 amide bonds. The Labute approximate surface area is 120 Å². The smallest absolute Gasteiger partial charge is 0.320 e. The van der Waals surface area contributed by atoms with Crippen LogP contribution in [0, 0.1) is 5.92 Å². The second-order valence-electron chi connectivity index (χ2n) is 5.65. The summed E-state index contributed by atoms with van der Waals surface area (Å²) in [5.74, 6) is -0.169. The molecular weight excluding hydrogens is 260 g/mol. The first-order chi connectivity index (χ1) is 9.41. The Balaban J connectivity index is 2.30. The third-order valence-corrected chi connectivity index (χ3v) is 3.38. The number of carbonyl (C=O) groups is 2. The number of likely N-dealkylation sites (N-methyl/N-ethyl adjacent to an activating group) is 1.